The van der Waals surface area contributed by atoms with E-state index in [2.05, 4.69) is 10.3 Å². The lowest BCUT2D eigenvalue weighted by Crippen LogP contribution is -2.11. The number of hydrogen-bond acceptors (Lipinski definition) is 3. The van der Waals surface area contributed by atoms with E-state index in [0.717, 1.165) is 5.56 Å². The Balaban J connectivity index is 1.75. The third kappa shape index (κ3) is 3.12. The summed E-state index contributed by atoms with van der Waals surface area (Å²) in [5.41, 5.74) is 2.08. The van der Waals surface area contributed by atoms with E-state index in [1.165, 1.54) is 6.26 Å². The molecule has 21 heavy (non-hydrogen) atoms. The second kappa shape index (κ2) is 5.81. The molecule has 1 aromatic heterocycles. The molecule has 0 aliphatic rings. The van der Waals surface area contributed by atoms with Crippen LogP contribution in [-0.4, -0.2) is 10.9 Å². The van der Waals surface area contributed by atoms with Crippen molar-refractivity contribution >= 4 is 23.5 Å². The summed E-state index contributed by atoms with van der Waals surface area (Å²) >= 11 is 5.79. The van der Waals surface area contributed by atoms with E-state index < -0.39 is 0 Å². The maximum atomic E-state index is 12.0. The van der Waals surface area contributed by atoms with E-state index in [1.807, 2.05) is 30.3 Å². The first-order valence-corrected chi connectivity index (χ1v) is 6.68. The molecule has 2 aromatic carbocycles. The Hall–Kier alpha value is -2.59. The van der Waals surface area contributed by atoms with E-state index in [4.69, 9.17) is 16.0 Å². The van der Waals surface area contributed by atoms with Crippen LogP contribution in [0.3, 0.4) is 0 Å². The summed E-state index contributed by atoms with van der Waals surface area (Å²) in [5, 5.41) is 3.19. The van der Waals surface area contributed by atoms with Crippen LogP contribution in [0.5, 0.6) is 0 Å². The normalized spacial score (nSPS) is 10.3. The minimum Gasteiger partial charge on any atom is -0.431 e. The molecule has 0 radical (unpaired) electrons. The fraction of sp³-hybridized carbons (Fsp3) is 0. The number of aromatic nitrogens is 1. The third-order valence-electron chi connectivity index (χ3n) is 2.90. The van der Waals surface area contributed by atoms with Crippen LogP contribution in [0, 0.1) is 0 Å². The fourth-order valence-electron chi connectivity index (χ4n) is 1.84. The average Bonchev–Trinajstić information content (AvgIpc) is 2.97. The highest BCUT2D eigenvalue weighted by atomic mass is 35.5. The molecule has 104 valence electrons. The molecule has 1 amide bonds. The van der Waals surface area contributed by atoms with Crippen LogP contribution >= 0.6 is 11.6 Å². The minimum absolute atomic E-state index is 0.161. The second-order valence-corrected chi connectivity index (χ2v) is 4.80. The highest BCUT2D eigenvalue weighted by molar-refractivity contribution is 6.30. The van der Waals surface area contributed by atoms with Crippen molar-refractivity contribution in [2.75, 3.05) is 5.32 Å². The summed E-state index contributed by atoms with van der Waals surface area (Å²) in [5.74, 6) is -0.298. The van der Waals surface area contributed by atoms with Gasteiger partial charge in [-0.15, -0.1) is 0 Å². The number of carbonyl (C=O) groups is 1. The molecule has 3 aromatic rings. The molecule has 0 spiro atoms. The second-order valence-electron chi connectivity index (χ2n) is 4.36. The van der Waals surface area contributed by atoms with Crippen molar-refractivity contribution < 1.29 is 9.21 Å². The number of oxazole rings is 1. The average molecular weight is 299 g/mol. The monoisotopic (exact) mass is 298 g/mol. The van der Waals surface area contributed by atoms with Crippen molar-refractivity contribution in [3.05, 3.63) is 71.4 Å². The number of nitrogens with one attached hydrogen (secondary N) is 1. The van der Waals surface area contributed by atoms with Gasteiger partial charge in [-0.25, -0.2) is 0 Å². The number of rotatable bonds is 3. The molecular weight excluding hydrogens is 288 g/mol. The van der Waals surface area contributed by atoms with Crippen LogP contribution in [0.15, 0.2) is 65.3 Å². The van der Waals surface area contributed by atoms with E-state index in [9.17, 15) is 4.79 Å². The summed E-state index contributed by atoms with van der Waals surface area (Å²) in [4.78, 5) is 16.3. The van der Waals surface area contributed by atoms with Gasteiger partial charge in [0, 0.05) is 16.1 Å². The summed E-state index contributed by atoms with van der Waals surface area (Å²) in [7, 11) is 0. The van der Waals surface area contributed by atoms with Crippen molar-refractivity contribution in [2.45, 2.75) is 0 Å². The lowest BCUT2D eigenvalue weighted by molar-refractivity contribution is 0.102. The van der Waals surface area contributed by atoms with Gasteiger partial charge in [0.05, 0.1) is 0 Å². The molecule has 0 atom stereocenters. The van der Waals surface area contributed by atoms with E-state index in [1.54, 1.807) is 24.3 Å². The van der Waals surface area contributed by atoms with Gasteiger partial charge in [0.25, 0.3) is 5.91 Å². The summed E-state index contributed by atoms with van der Waals surface area (Å²) < 4.78 is 5.27. The minimum atomic E-state index is -0.298. The lowest BCUT2D eigenvalue weighted by Gasteiger charge is -2.00. The summed E-state index contributed by atoms with van der Waals surface area (Å²) in [6, 6.07) is 16.3. The molecule has 1 heterocycles. The zero-order chi connectivity index (χ0) is 14.7. The van der Waals surface area contributed by atoms with E-state index in [-0.39, 0.29) is 11.9 Å². The Labute approximate surface area is 126 Å². The first-order chi connectivity index (χ1) is 10.2. The van der Waals surface area contributed by atoms with Gasteiger partial charge in [-0.05, 0) is 24.3 Å². The van der Waals surface area contributed by atoms with Gasteiger partial charge in [0.1, 0.15) is 12.0 Å². The molecule has 0 aliphatic heterocycles. The molecule has 0 fully saturated rings. The number of halogens is 1. The molecule has 0 saturated carbocycles. The topological polar surface area (TPSA) is 55.1 Å². The maximum absolute atomic E-state index is 12.0. The molecule has 4 nitrogen and oxygen atoms in total. The van der Waals surface area contributed by atoms with Crippen LogP contribution < -0.4 is 5.32 Å². The Bertz CT molecular complexity index is 751. The molecule has 0 unspecified atom stereocenters. The van der Waals surface area contributed by atoms with Gasteiger partial charge in [0.15, 0.2) is 0 Å². The zero-order valence-electron chi connectivity index (χ0n) is 10.9. The predicted molar refractivity (Wildman–Crippen MR) is 81.3 cm³/mol. The van der Waals surface area contributed by atoms with Crippen LogP contribution in [0.4, 0.5) is 6.01 Å². The Morgan fingerprint density at radius 2 is 1.76 bits per heavy atom. The molecular formula is C16H11ClN2O2. The summed E-state index contributed by atoms with van der Waals surface area (Å²) in [6.45, 7) is 0. The van der Waals surface area contributed by atoms with Gasteiger partial charge in [0.2, 0.25) is 0 Å². The number of anilines is 1. The number of amides is 1. The molecule has 3 rings (SSSR count). The maximum Gasteiger partial charge on any atom is 0.302 e. The SMILES string of the molecule is O=C(Nc1nc(-c2ccccc2)co1)c1ccc(Cl)cc1. The Kier molecular flexibility index (Phi) is 3.71. The molecule has 5 heteroatoms. The fourth-order valence-corrected chi connectivity index (χ4v) is 1.97. The smallest absolute Gasteiger partial charge is 0.302 e. The van der Waals surface area contributed by atoms with Gasteiger partial charge in [-0.2, -0.15) is 4.98 Å². The Morgan fingerprint density at radius 1 is 1.05 bits per heavy atom. The van der Waals surface area contributed by atoms with Gasteiger partial charge in [-0.3, -0.25) is 10.1 Å². The van der Waals surface area contributed by atoms with Crippen LogP contribution in [0.2, 0.25) is 5.02 Å². The third-order valence-corrected chi connectivity index (χ3v) is 3.15. The quantitative estimate of drug-likeness (QED) is 0.786. The van der Waals surface area contributed by atoms with Crippen molar-refractivity contribution in [3.63, 3.8) is 0 Å². The van der Waals surface area contributed by atoms with E-state index in [0.29, 0.717) is 16.3 Å². The van der Waals surface area contributed by atoms with Crippen LogP contribution in [0.25, 0.3) is 11.3 Å². The number of hydrogen-bond donors (Lipinski definition) is 1. The number of benzene rings is 2. The highest BCUT2D eigenvalue weighted by Crippen LogP contribution is 2.20. The number of carbonyl (C=O) groups excluding carboxylic acids is 1. The number of nitrogens with zero attached hydrogens (tertiary/aromatic N) is 1. The predicted octanol–water partition coefficient (Wildman–Crippen LogP) is 4.25. The van der Waals surface area contributed by atoms with E-state index >= 15 is 0 Å². The van der Waals surface area contributed by atoms with Crippen molar-refractivity contribution in [3.8, 4) is 11.3 Å². The molecule has 0 saturated heterocycles. The van der Waals surface area contributed by atoms with Crippen molar-refractivity contribution in [2.24, 2.45) is 0 Å². The van der Waals surface area contributed by atoms with Crippen molar-refractivity contribution in [1.82, 2.24) is 4.98 Å². The van der Waals surface area contributed by atoms with Crippen LogP contribution in [0.1, 0.15) is 10.4 Å². The Morgan fingerprint density at radius 3 is 2.48 bits per heavy atom. The highest BCUT2D eigenvalue weighted by Gasteiger charge is 2.11. The van der Waals surface area contributed by atoms with Gasteiger partial charge < -0.3 is 4.42 Å². The first-order valence-electron chi connectivity index (χ1n) is 6.30. The molecule has 0 bridgehead atoms. The lowest BCUT2D eigenvalue weighted by atomic mass is 10.2. The van der Waals surface area contributed by atoms with Gasteiger partial charge in [-0.1, -0.05) is 41.9 Å². The summed E-state index contributed by atoms with van der Waals surface area (Å²) in [6.07, 6.45) is 1.51. The van der Waals surface area contributed by atoms with Crippen molar-refractivity contribution in [1.29, 1.82) is 0 Å². The van der Waals surface area contributed by atoms with Crippen LogP contribution in [-0.2, 0) is 0 Å². The molecule has 0 aliphatic carbocycles. The largest absolute Gasteiger partial charge is 0.431 e. The molecule has 1 N–H and O–H groups in total. The van der Waals surface area contributed by atoms with Gasteiger partial charge >= 0.3 is 6.01 Å². The standard InChI is InChI=1S/C16H11ClN2O2/c17-13-8-6-12(7-9-13)15(20)19-16-18-14(10-21-16)11-4-2-1-3-5-11/h1-10H,(H,18,19,20). The zero-order valence-corrected chi connectivity index (χ0v) is 11.7. The first kappa shape index (κ1) is 13.4.